The molecule has 1 atom stereocenters. The largest absolute Gasteiger partial charge is 0.497 e. The Bertz CT molecular complexity index is 424. The summed E-state index contributed by atoms with van der Waals surface area (Å²) < 4.78 is 5.18. The lowest BCUT2D eigenvalue weighted by molar-refractivity contribution is -0.121. The summed E-state index contributed by atoms with van der Waals surface area (Å²) in [7, 11) is 1.63. The van der Waals surface area contributed by atoms with Crippen molar-refractivity contribution in [3.05, 3.63) is 29.8 Å². The Morgan fingerprint density at radius 1 is 1.37 bits per heavy atom. The van der Waals surface area contributed by atoms with Crippen LogP contribution in [0, 0.1) is 0 Å². The van der Waals surface area contributed by atoms with Crippen LogP contribution in [0.15, 0.2) is 24.3 Å². The molecule has 0 aliphatic heterocycles. The van der Waals surface area contributed by atoms with Gasteiger partial charge in [0.2, 0.25) is 5.91 Å². The SMILES string of the molecule is COc1cccc([C@@H](C)NC(=O)CNC(C)(C)C)c1. The minimum atomic E-state index is -0.0590. The van der Waals surface area contributed by atoms with Gasteiger partial charge in [-0.15, -0.1) is 0 Å². The second-order valence-electron chi connectivity index (χ2n) is 5.67. The Morgan fingerprint density at radius 3 is 2.63 bits per heavy atom. The number of rotatable bonds is 5. The Hall–Kier alpha value is -1.55. The van der Waals surface area contributed by atoms with E-state index >= 15 is 0 Å². The Morgan fingerprint density at radius 2 is 2.05 bits per heavy atom. The minimum Gasteiger partial charge on any atom is -0.497 e. The third kappa shape index (κ3) is 5.75. The molecule has 0 aliphatic rings. The highest BCUT2D eigenvalue weighted by Crippen LogP contribution is 2.18. The van der Waals surface area contributed by atoms with Crippen LogP contribution in [0.3, 0.4) is 0 Å². The van der Waals surface area contributed by atoms with Crippen LogP contribution in [0.2, 0.25) is 0 Å². The fraction of sp³-hybridized carbons (Fsp3) is 0.533. The van der Waals surface area contributed by atoms with Crippen molar-refractivity contribution >= 4 is 5.91 Å². The van der Waals surface area contributed by atoms with Crippen LogP contribution >= 0.6 is 0 Å². The first kappa shape index (κ1) is 15.5. The molecule has 4 nitrogen and oxygen atoms in total. The molecule has 0 heterocycles. The van der Waals surface area contributed by atoms with E-state index in [4.69, 9.17) is 4.74 Å². The monoisotopic (exact) mass is 264 g/mol. The van der Waals surface area contributed by atoms with Crippen molar-refractivity contribution in [3.8, 4) is 5.75 Å². The number of benzene rings is 1. The van der Waals surface area contributed by atoms with Crippen molar-refractivity contribution in [1.82, 2.24) is 10.6 Å². The molecule has 0 bridgehead atoms. The summed E-state index contributed by atoms with van der Waals surface area (Å²) in [4.78, 5) is 11.8. The van der Waals surface area contributed by atoms with Gasteiger partial charge in [-0.25, -0.2) is 0 Å². The first-order chi connectivity index (χ1) is 8.81. The fourth-order valence-electron chi connectivity index (χ4n) is 1.63. The van der Waals surface area contributed by atoms with Gasteiger partial charge in [-0.05, 0) is 45.4 Å². The molecular formula is C15H24N2O2. The lowest BCUT2D eigenvalue weighted by atomic mass is 10.1. The number of carbonyl (C=O) groups excluding carboxylic acids is 1. The smallest absolute Gasteiger partial charge is 0.234 e. The summed E-state index contributed by atoms with van der Waals surface area (Å²) >= 11 is 0. The zero-order valence-electron chi connectivity index (χ0n) is 12.4. The van der Waals surface area contributed by atoms with Gasteiger partial charge in [0.15, 0.2) is 0 Å². The summed E-state index contributed by atoms with van der Waals surface area (Å²) in [5.41, 5.74) is 0.972. The zero-order valence-corrected chi connectivity index (χ0v) is 12.4. The van der Waals surface area contributed by atoms with Gasteiger partial charge in [0.25, 0.3) is 0 Å². The second-order valence-corrected chi connectivity index (χ2v) is 5.67. The van der Waals surface area contributed by atoms with E-state index < -0.39 is 0 Å². The van der Waals surface area contributed by atoms with Crippen LogP contribution in [-0.4, -0.2) is 25.1 Å². The molecule has 19 heavy (non-hydrogen) atoms. The van der Waals surface area contributed by atoms with Gasteiger partial charge >= 0.3 is 0 Å². The summed E-state index contributed by atoms with van der Waals surface area (Å²) in [5.74, 6) is 0.789. The van der Waals surface area contributed by atoms with Gasteiger partial charge in [-0.2, -0.15) is 0 Å². The van der Waals surface area contributed by atoms with E-state index in [2.05, 4.69) is 10.6 Å². The Labute approximate surface area is 115 Å². The molecule has 0 aromatic heterocycles. The van der Waals surface area contributed by atoms with Crippen LogP contribution in [-0.2, 0) is 4.79 Å². The van der Waals surface area contributed by atoms with Crippen LogP contribution in [0.1, 0.15) is 39.3 Å². The van der Waals surface area contributed by atoms with Crippen LogP contribution in [0.25, 0.3) is 0 Å². The molecule has 106 valence electrons. The third-order valence-electron chi connectivity index (χ3n) is 2.75. The maximum absolute atomic E-state index is 11.8. The maximum atomic E-state index is 11.8. The summed E-state index contributed by atoms with van der Waals surface area (Å²) in [5, 5.41) is 6.13. The number of hydrogen-bond acceptors (Lipinski definition) is 3. The zero-order chi connectivity index (χ0) is 14.5. The highest BCUT2D eigenvalue weighted by atomic mass is 16.5. The predicted octanol–water partition coefficient (Wildman–Crippen LogP) is 2.26. The van der Waals surface area contributed by atoms with Gasteiger partial charge < -0.3 is 15.4 Å². The van der Waals surface area contributed by atoms with Crippen molar-refractivity contribution in [2.75, 3.05) is 13.7 Å². The average Bonchev–Trinajstić information content (AvgIpc) is 2.35. The molecule has 0 saturated heterocycles. The van der Waals surface area contributed by atoms with E-state index in [-0.39, 0.29) is 17.5 Å². The Kier molecular flexibility index (Phi) is 5.36. The number of amides is 1. The van der Waals surface area contributed by atoms with Gasteiger partial charge in [0.05, 0.1) is 19.7 Å². The van der Waals surface area contributed by atoms with E-state index in [0.29, 0.717) is 6.54 Å². The highest BCUT2D eigenvalue weighted by molar-refractivity contribution is 5.78. The van der Waals surface area contributed by atoms with Crippen molar-refractivity contribution in [2.45, 2.75) is 39.3 Å². The lowest BCUT2D eigenvalue weighted by Crippen LogP contribution is -2.43. The van der Waals surface area contributed by atoms with Crippen molar-refractivity contribution in [1.29, 1.82) is 0 Å². The molecule has 0 aliphatic carbocycles. The lowest BCUT2D eigenvalue weighted by Gasteiger charge is -2.21. The number of methoxy groups -OCH3 is 1. The van der Waals surface area contributed by atoms with Crippen molar-refractivity contribution in [2.24, 2.45) is 0 Å². The minimum absolute atomic E-state index is 0.00903. The molecule has 1 aromatic rings. The van der Waals surface area contributed by atoms with E-state index in [9.17, 15) is 4.79 Å². The van der Waals surface area contributed by atoms with Gasteiger partial charge in [-0.3, -0.25) is 4.79 Å². The molecule has 0 saturated carbocycles. The number of nitrogens with one attached hydrogen (secondary N) is 2. The fourth-order valence-corrected chi connectivity index (χ4v) is 1.63. The van der Waals surface area contributed by atoms with Gasteiger partial charge in [-0.1, -0.05) is 12.1 Å². The number of hydrogen-bond donors (Lipinski definition) is 2. The van der Waals surface area contributed by atoms with Crippen LogP contribution in [0.5, 0.6) is 5.75 Å². The molecule has 1 amide bonds. The first-order valence-electron chi connectivity index (χ1n) is 6.50. The number of carbonyl (C=O) groups is 1. The average molecular weight is 264 g/mol. The molecule has 4 heteroatoms. The maximum Gasteiger partial charge on any atom is 0.234 e. The van der Waals surface area contributed by atoms with Gasteiger partial charge in [0.1, 0.15) is 5.75 Å². The molecule has 0 spiro atoms. The third-order valence-corrected chi connectivity index (χ3v) is 2.75. The molecule has 0 unspecified atom stereocenters. The van der Waals surface area contributed by atoms with E-state index in [1.54, 1.807) is 7.11 Å². The molecular weight excluding hydrogens is 240 g/mol. The quantitative estimate of drug-likeness (QED) is 0.857. The molecule has 1 rings (SSSR count). The molecule has 1 aromatic carbocycles. The van der Waals surface area contributed by atoms with Crippen LogP contribution in [0.4, 0.5) is 0 Å². The Balaban J connectivity index is 2.54. The molecule has 2 N–H and O–H groups in total. The van der Waals surface area contributed by atoms with Crippen LogP contribution < -0.4 is 15.4 Å². The van der Waals surface area contributed by atoms with E-state index in [1.165, 1.54) is 0 Å². The topological polar surface area (TPSA) is 50.4 Å². The predicted molar refractivity (Wildman–Crippen MR) is 77.3 cm³/mol. The summed E-state index contributed by atoms with van der Waals surface area (Å²) in [6.07, 6.45) is 0. The summed E-state index contributed by atoms with van der Waals surface area (Å²) in [6.45, 7) is 8.38. The van der Waals surface area contributed by atoms with Gasteiger partial charge in [0, 0.05) is 5.54 Å². The molecule has 0 radical (unpaired) electrons. The molecule has 0 fully saturated rings. The van der Waals surface area contributed by atoms with Crippen molar-refractivity contribution < 1.29 is 9.53 Å². The van der Waals surface area contributed by atoms with E-state index in [1.807, 2.05) is 52.0 Å². The highest BCUT2D eigenvalue weighted by Gasteiger charge is 2.13. The second kappa shape index (κ2) is 6.57. The summed E-state index contributed by atoms with van der Waals surface area (Å²) in [6, 6.07) is 7.68. The first-order valence-corrected chi connectivity index (χ1v) is 6.50. The normalized spacial score (nSPS) is 12.9. The van der Waals surface area contributed by atoms with Crippen molar-refractivity contribution in [3.63, 3.8) is 0 Å². The standard InChI is InChI=1S/C15H24N2O2/c1-11(12-7-6-8-13(9-12)19-5)17-14(18)10-16-15(2,3)4/h6-9,11,16H,10H2,1-5H3,(H,17,18)/t11-/m1/s1. The number of ether oxygens (including phenoxy) is 1. The van der Waals surface area contributed by atoms with E-state index in [0.717, 1.165) is 11.3 Å².